The monoisotopic (exact) mass is 793 g/mol. The van der Waals surface area contributed by atoms with E-state index in [0.29, 0.717) is 40.5 Å². The van der Waals surface area contributed by atoms with Gasteiger partial charge >= 0.3 is 0 Å². The van der Waals surface area contributed by atoms with Crippen LogP contribution in [0.3, 0.4) is 0 Å². The van der Waals surface area contributed by atoms with Gasteiger partial charge in [-0.1, -0.05) is 194 Å². The zero-order valence-corrected chi connectivity index (χ0v) is 33.3. The van der Waals surface area contributed by atoms with Gasteiger partial charge in [-0.2, -0.15) is 5.26 Å². The van der Waals surface area contributed by atoms with Crippen LogP contribution in [0.1, 0.15) is 5.56 Å². The van der Waals surface area contributed by atoms with Crippen molar-refractivity contribution in [3.05, 3.63) is 218 Å². The molecule has 0 N–H and O–H groups in total. The van der Waals surface area contributed by atoms with Gasteiger partial charge in [0, 0.05) is 33.4 Å². The Kier molecular flexibility index (Phi) is 10.2. The van der Waals surface area contributed by atoms with Crippen LogP contribution in [0.2, 0.25) is 0 Å². The zero-order chi connectivity index (χ0) is 41.7. The molecule has 0 saturated heterocycles. The lowest BCUT2D eigenvalue weighted by atomic mass is 9.91. The van der Waals surface area contributed by atoms with E-state index in [4.69, 9.17) is 29.9 Å². The summed E-state index contributed by atoms with van der Waals surface area (Å²) in [5.41, 5.74) is 12.1. The maximum atomic E-state index is 9.34. The molecule has 0 radical (unpaired) electrons. The molecule has 7 heteroatoms. The minimum Gasteiger partial charge on any atom is -0.208 e. The summed E-state index contributed by atoms with van der Waals surface area (Å²) in [6.45, 7) is 0. The first-order valence-electron chi connectivity index (χ1n) is 20.3. The number of nitriles is 1. The molecular weight excluding hydrogens is 759 g/mol. The maximum absolute atomic E-state index is 9.34. The predicted molar refractivity (Wildman–Crippen MR) is 247 cm³/mol. The molecule has 290 valence electrons. The topological polar surface area (TPSA) is 101 Å². The summed E-state index contributed by atoms with van der Waals surface area (Å²) in [5.74, 6) is 3.55. The molecule has 0 aliphatic rings. The molecule has 10 rings (SSSR count). The van der Waals surface area contributed by atoms with Gasteiger partial charge in [-0.25, -0.2) is 29.9 Å². The smallest absolute Gasteiger partial charge is 0.164 e. The standard InChI is InChI=1S/C55H35N7/c56-36-37-27-29-38(30-28-37)44-21-14-22-45(35-44)54-60-52(42-19-8-3-9-20-42)61-55(62-54)49-26-13-12-25-48(49)47-24-11-10-23-46(47)39-31-33-43(34-32-39)53-58-50(40-15-4-1-5-16-40)57-51(59-53)41-17-6-2-7-18-41/h1-35H. The summed E-state index contributed by atoms with van der Waals surface area (Å²) in [7, 11) is 0. The van der Waals surface area contributed by atoms with Gasteiger partial charge in [0.25, 0.3) is 0 Å². The Morgan fingerprint density at radius 2 is 0.581 bits per heavy atom. The van der Waals surface area contributed by atoms with Crippen molar-refractivity contribution in [2.75, 3.05) is 0 Å². The minimum atomic E-state index is 0.562. The molecule has 0 amide bonds. The van der Waals surface area contributed by atoms with Crippen molar-refractivity contribution >= 4 is 0 Å². The van der Waals surface area contributed by atoms with Crippen LogP contribution in [0, 0.1) is 11.3 Å². The molecule has 0 fully saturated rings. The van der Waals surface area contributed by atoms with Crippen LogP contribution in [0.4, 0.5) is 0 Å². The first kappa shape index (κ1) is 37.5. The Hall–Kier alpha value is -8.73. The van der Waals surface area contributed by atoms with E-state index in [-0.39, 0.29) is 0 Å². The first-order chi connectivity index (χ1) is 30.7. The van der Waals surface area contributed by atoms with E-state index in [1.165, 1.54) is 0 Å². The van der Waals surface area contributed by atoms with Gasteiger partial charge in [-0.15, -0.1) is 0 Å². The summed E-state index contributed by atoms with van der Waals surface area (Å²) >= 11 is 0. The number of nitrogens with zero attached hydrogens (tertiary/aromatic N) is 7. The molecule has 7 nitrogen and oxygen atoms in total. The van der Waals surface area contributed by atoms with Crippen LogP contribution in [0.15, 0.2) is 212 Å². The lowest BCUT2D eigenvalue weighted by molar-refractivity contribution is 1.07. The highest BCUT2D eigenvalue weighted by molar-refractivity contribution is 5.91. The maximum Gasteiger partial charge on any atom is 0.164 e. The molecule has 2 heterocycles. The van der Waals surface area contributed by atoms with E-state index in [0.717, 1.165) is 66.8 Å². The van der Waals surface area contributed by atoms with Gasteiger partial charge in [0.2, 0.25) is 0 Å². The van der Waals surface area contributed by atoms with E-state index in [9.17, 15) is 5.26 Å². The Labute approximate surface area is 359 Å². The van der Waals surface area contributed by atoms with E-state index in [1.807, 2.05) is 133 Å². The Balaban J connectivity index is 1.05. The van der Waals surface area contributed by atoms with Gasteiger partial charge in [-0.05, 0) is 51.6 Å². The van der Waals surface area contributed by atoms with Crippen molar-refractivity contribution in [2.45, 2.75) is 0 Å². The molecule has 62 heavy (non-hydrogen) atoms. The lowest BCUT2D eigenvalue weighted by Crippen LogP contribution is -2.01. The van der Waals surface area contributed by atoms with Crippen LogP contribution in [-0.2, 0) is 0 Å². The molecule has 8 aromatic carbocycles. The van der Waals surface area contributed by atoms with Gasteiger partial charge in [-0.3, -0.25) is 0 Å². The van der Waals surface area contributed by atoms with Crippen LogP contribution in [-0.4, -0.2) is 29.9 Å². The quantitative estimate of drug-likeness (QED) is 0.143. The van der Waals surface area contributed by atoms with Crippen LogP contribution >= 0.6 is 0 Å². The van der Waals surface area contributed by atoms with Gasteiger partial charge < -0.3 is 0 Å². The van der Waals surface area contributed by atoms with Crippen LogP contribution < -0.4 is 0 Å². The van der Waals surface area contributed by atoms with Crippen LogP contribution in [0.5, 0.6) is 0 Å². The molecule has 0 saturated carbocycles. The molecule has 0 bridgehead atoms. The third-order valence-electron chi connectivity index (χ3n) is 10.7. The fourth-order valence-electron chi connectivity index (χ4n) is 7.54. The molecule has 2 aromatic heterocycles. The second kappa shape index (κ2) is 16.9. The number of hydrogen-bond acceptors (Lipinski definition) is 7. The van der Waals surface area contributed by atoms with E-state index in [1.54, 1.807) is 0 Å². The Morgan fingerprint density at radius 1 is 0.242 bits per heavy atom. The largest absolute Gasteiger partial charge is 0.208 e. The molecular formula is C55H35N7. The van der Waals surface area contributed by atoms with Crippen molar-refractivity contribution in [3.63, 3.8) is 0 Å². The molecule has 0 spiro atoms. The Morgan fingerprint density at radius 3 is 1.08 bits per heavy atom. The lowest BCUT2D eigenvalue weighted by Gasteiger charge is -2.15. The van der Waals surface area contributed by atoms with Crippen molar-refractivity contribution in [1.82, 2.24) is 29.9 Å². The fourth-order valence-corrected chi connectivity index (χ4v) is 7.54. The van der Waals surface area contributed by atoms with Crippen molar-refractivity contribution in [2.24, 2.45) is 0 Å². The second-order valence-corrected chi connectivity index (χ2v) is 14.6. The number of aromatic nitrogens is 6. The first-order valence-corrected chi connectivity index (χ1v) is 20.3. The van der Waals surface area contributed by atoms with E-state index >= 15 is 0 Å². The summed E-state index contributed by atoms with van der Waals surface area (Å²) in [4.78, 5) is 30.1. The fraction of sp³-hybridized carbons (Fsp3) is 0. The SMILES string of the molecule is N#Cc1ccc(-c2cccc(-c3nc(-c4ccccc4)nc(-c4ccccc4-c4ccccc4-c4ccc(-c5nc(-c6ccccc6)nc(-c6ccccc6)n5)cc4)n3)c2)cc1. The van der Waals surface area contributed by atoms with E-state index in [2.05, 4.69) is 84.9 Å². The molecule has 10 aromatic rings. The van der Waals surface area contributed by atoms with Crippen molar-refractivity contribution in [1.29, 1.82) is 5.26 Å². The average Bonchev–Trinajstić information content (AvgIpc) is 3.37. The molecule has 0 aliphatic carbocycles. The summed E-state index contributed by atoms with van der Waals surface area (Å²) < 4.78 is 0. The van der Waals surface area contributed by atoms with Gasteiger partial charge in [0.1, 0.15) is 0 Å². The summed E-state index contributed by atoms with van der Waals surface area (Å²) in [5, 5.41) is 9.34. The number of benzene rings is 8. The summed E-state index contributed by atoms with van der Waals surface area (Å²) in [6, 6.07) is 73.1. The van der Waals surface area contributed by atoms with E-state index < -0.39 is 0 Å². The third-order valence-corrected chi connectivity index (χ3v) is 10.7. The number of rotatable bonds is 9. The van der Waals surface area contributed by atoms with Gasteiger partial charge in [0.05, 0.1) is 11.6 Å². The normalized spacial score (nSPS) is 10.9. The molecule has 0 unspecified atom stereocenters. The average molecular weight is 794 g/mol. The molecule has 0 atom stereocenters. The predicted octanol–water partition coefficient (Wildman–Crippen LogP) is 12.9. The third kappa shape index (κ3) is 7.75. The van der Waals surface area contributed by atoms with Crippen molar-refractivity contribution < 1.29 is 0 Å². The highest BCUT2D eigenvalue weighted by Gasteiger charge is 2.19. The zero-order valence-electron chi connectivity index (χ0n) is 33.3. The van der Waals surface area contributed by atoms with Crippen LogP contribution in [0.25, 0.3) is 102 Å². The highest BCUT2D eigenvalue weighted by atomic mass is 15.0. The molecule has 0 aliphatic heterocycles. The summed E-state index contributed by atoms with van der Waals surface area (Å²) in [6.07, 6.45) is 0. The second-order valence-electron chi connectivity index (χ2n) is 14.6. The Bertz CT molecular complexity index is 3160. The number of hydrogen-bond donors (Lipinski definition) is 0. The minimum absolute atomic E-state index is 0.562. The van der Waals surface area contributed by atoms with Gasteiger partial charge in [0.15, 0.2) is 34.9 Å². The highest BCUT2D eigenvalue weighted by Crippen LogP contribution is 2.39. The van der Waals surface area contributed by atoms with Crippen molar-refractivity contribution in [3.8, 4) is 108 Å².